The first kappa shape index (κ1) is 13.4. The molecular formula is C12H18N2O3. The van der Waals surface area contributed by atoms with Gasteiger partial charge in [0.05, 0.1) is 6.10 Å². The summed E-state index contributed by atoms with van der Waals surface area (Å²) in [5.41, 5.74) is 0.559. The first-order valence-corrected chi connectivity index (χ1v) is 5.66. The maximum atomic E-state index is 11.5. The average molecular weight is 238 g/mol. The SMILES string of the molecule is CC(C)Oc1ncccc1NC(=O)CCCO. The fourth-order valence-electron chi connectivity index (χ4n) is 1.26. The van der Waals surface area contributed by atoms with Crippen LogP contribution in [0, 0.1) is 0 Å². The van der Waals surface area contributed by atoms with Crippen LogP contribution in [-0.2, 0) is 4.79 Å². The first-order chi connectivity index (χ1) is 8.13. The van der Waals surface area contributed by atoms with E-state index in [1.807, 2.05) is 13.8 Å². The number of ether oxygens (including phenoxy) is 1. The Bertz CT molecular complexity index is 367. The highest BCUT2D eigenvalue weighted by Gasteiger charge is 2.09. The highest BCUT2D eigenvalue weighted by Crippen LogP contribution is 2.21. The van der Waals surface area contributed by atoms with Crippen LogP contribution >= 0.6 is 0 Å². The van der Waals surface area contributed by atoms with Crippen molar-refractivity contribution in [2.75, 3.05) is 11.9 Å². The van der Waals surface area contributed by atoms with Crippen LogP contribution in [0.1, 0.15) is 26.7 Å². The molecular weight excluding hydrogens is 220 g/mol. The van der Waals surface area contributed by atoms with Crippen LogP contribution in [0.15, 0.2) is 18.3 Å². The van der Waals surface area contributed by atoms with E-state index >= 15 is 0 Å². The first-order valence-electron chi connectivity index (χ1n) is 5.66. The van der Waals surface area contributed by atoms with E-state index in [4.69, 9.17) is 9.84 Å². The highest BCUT2D eigenvalue weighted by molar-refractivity contribution is 5.91. The molecule has 5 nitrogen and oxygen atoms in total. The fraction of sp³-hybridized carbons (Fsp3) is 0.500. The molecule has 17 heavy (non-hydrogen) atoms. The van der Waals surface area contributed by atoms with Gasteiger partial charge >= 0.3 is 0 Å². The van der Waals surface area contributed by atoms with Gasteiger partial charge in [-0.3, -0.25) is 4.79 Å². The Balaban J connectivity index is 2.66. The Morgan fingerprint density at radius 3 is 3.00 bits per heavy atom. The van der Waals surface area contributed by atoms with Gasteiger partial charge in [0.2, 0.25) is 11.8 Å². The molecule has 0 atom stereocenters. The summed E-state index contributed by atoms with van der Waals surface area (Å²) in [5, 5.41) is 11.4. The maximum absolute atomic E-state index is 11.5. The van der Waals surface area contributed by atoms with E-state index in [1.165, 1.54) is 0 Å². The summed E-state index contributed by atoms with van der Waals surface area (Å²) in [6, 6.07) is 3.47. The lowest BCUT2D eigenvalue weighted by Gasteiger charge is -2.13. The molecule has 1 rings (SSSR count). The predicted molar refractivity (Wildman–Crippen MR) is 65.0 cm³/mol. The standard InChI is InChI=1S/C12H18N2O3/c1-9(2)17-12-10(5-3-7-13-12)14-11(16)6-4-8-15/h3,5,7,9,15H,4,6,8H2,1-2H3,(H,14,16). The van der Waals surface area contributed by atoms with Gasteiger partial charge in [0.15, 0.2) is 0 Å². The summed E-state index contributed by atoms with van der Waals surface area (Å²) >= 11 is 0. The second-order valence-electron chi connectivity index (χ2n) is 3.90. The fourth-order valence-corrected chi connectivity index (χ4v) is 1.26. The van der Waals surface area contributed by atoms with Gasteiger partial charge in [-0.1, -0.05) is 0 Å². The zero-order valence-electron chi connectivity index (χ0n) is 10.1. The number of anilines is 1. The number of hydrogen-bond acceptors (Lipinski definition) is 4. The van der Waals surface area contributed by atoms with Crippen molar-refractivity contribution >= 4 is 11.6 Å². The zero-order valence-corrected chi connectivity index (χ0v) is 10.1. The number of nitrogens with one attached hydrogen (secondary N) is 1. The molecule has 0 fully saturated rings. The summed E-state index contributed by atoms with van der Waals surface area (Å²) in [6.07, 6.45) is 2.35. The number of aliphatic hydroxyl groups excluding tert-OH is 1. The minimum absolute atomic E-state index is 0.00186. The summed E-state index contributed by atoms with van der Waals surface area (Å²) in [7, 11) is 0. The lowest BCUT2D eigenvalue weighted by atomic mass is 10.3. The summed E-state index contributed by atoms with van der Waals surface area (Å²) in [5.74, 6) is 0.264. The zero-order chi connectivity index (χ0) is 12.7. The van der Waals surface area contributed by atoms with Crippen LogP contribution in [0.5, 0.6) is 5.88 Å². The molecule has 94 valence electrons. The number of rotatable bonds is 6. The van der Waals surface area contributed by atoms with Gasteiger partial charge in [-0.2, -0.15) is 0 Å². The molecule has 5 heteroatoms. The Hall–Kier alpha value is -1.62. The van der Waals surface area contributed by atoms with Gasteiger partial charge in [-0.15, -0.1) is 0 Å². The van der Waals surface area contributed by atoms with Crippen LogP contribution in [-0.4, -0.2) is 28.7 Å². The molecule has 0 saturated carbocycles. The summed E-state index contributed by atoms with van der Waals surface area (Å²) in [6.45, 7) is 3.80. The number of carbonyl (C=O) groups is 1. The molecule has 0 saturated heterocycles. The van der Waals surface area contributed by atoms with Gasteiger partial charge in [0.1, 0.15) is 5.69 Å². The summed E-state index contributed by atoms with van der Waals surface area (Å²) < 4.78 is 5.48. The number of aliphatic hydroxyl groups is 1. The van der Waals surface area contributed by atoms with E-state index in [1.54, 1.807) is 18.3 Å². The van der Waals surface area contributed by atoms with Crippen LogP contribution in [0.4, 0.5) is 5.69 Å². The predicted octanol–water partition coefficient (Wildman–Crippen LogP) is 1.58. The minimum atomic E-state index is -0.152. The van der Waals surface area contributed by atoms with Crippen LogP contribution in [0.25, 0.3) is 0 Å². The number of carbonyl (C=O) groups excluding carboxylic acids is 1. The van der Waals surface area contributed by atoms with Crippen LogP contribution in [0.2, 0.25) is 0 Å². The van der Waals surface area contributed by atoms with Gasteiger partial charge < -0.3 is 15.2 Å². The van der Waals surface area contributed by atoms with Gasteiger partial charge in [0, 0.05) is 19.2 Å². The number of pyridine rings is 1. The third-order valence-electron chi connectivity index (χ3n) is 1.95. The van der Waals surface area contributed by atoms with E-state index < -0.39 is 0 Å². The van der Waals surface area contributed by atoms with Crippen molar-refractivity contribution in [2.24, 2.45) is 0 Å². The van der Waals surface area contributed by atoms with Crippen molar-refractivity contribution in [3.8, 4) is 5.88 Å². The van der Waals surface area contributed by atoms with E-state index in [-0.39, 0.29) is 25.0 Å². The number of nitrogens with zero attached hydrogens (tertiary/aromatic N) is 1. The molecule has 0 bridgehead atoms. The molecule has 1 amide bonds. The molecule has 0 aliphatic carbocycles. The number of hydrogen-bond donors (Lipinski definition) is 2. The quantitative estimate of drug-likeness (QED) is 0.789. The second-order valence-corrected chi connectivity index (χ2v) is 3.90. The molecule has 0 aliphatic heterocycles. The maximum Gasteiger partial charge on any atom is 0.238 e. The number of amides is 1. The average Bonchev–Trinajstić information content (AvgIpc) is 2.28. The highest BCUT2D eigenvalue weighted by atomic mass is 16.5. The monoisotopic (exact) mass is 238 g/mol. The van der Waals surface area contributed by atoms with Crippen molar-refractivity contribution in [1.29, 1.82) is 0 Å². The third kappa shape index (κ3) is 4.82. The normalized spacial score (nSPS) is 10.4. The molecule has 0 radical (unpaired) electrons. The van der Waals surface area contributed by atoms with Crippen LogP contribution < -0.4 is 10.1 Å². The molecule has 0 aliphatic rings. The van der Waals surface area contributed by atoms with Gasteiger partial charge in [0.25, 0.3) is 0 Å². The topological polar surface area (TPSA) is 71.5 Å². The summed E-state index contributed by atoms with van der Waals surface area (Å²) in [4.78, 5) is 15.6. The van der Waals surface area contributed by atoms with E-state index in [0.29, 0.717) is 18.0 Å². The van der Waals surface area contributed by atoms with E-state index in [2.05, 4.69) is 10.3 Å². The van der Waals surface area contributed by atoms with Crippen molar-refractivity contribution in [1.82, 2.24) is 4.98 Å². The molecule has 1 aromatic rings. The number of aromatic nitrogens is 1. The van der Waals surface area contributed by atoms with Crippen molar-refractivity contribution in [3.05, 3.63) is 18.3 Å². The van der Waals surface area contributed by atoms with Gasteiger partial charge in [-0.25, -0.2) is 4.98 Å². The molecule has 0 aromatic carbocycles. The lowest BCUT2D eigenvalue weighted by molar-refractivity contribution is -0.116. The molecule has 0 unspecified atom stereocenters. The molecule has 1 heterocycles. The lowest BCUT2D eigenvalue weighted by Crippen LogP contribution is -2.15. The van der Waals surface area contributed by atoms with Gasteiger partial charge in [-0.05, 0) is 32.4 Å². The van der Waals surface area contributed by atoms with E-state index in [9.17, 15) is 4.79 Å². The smallest absolute Gasteiger partial charge is 0.238 e. The molecule has 2 N–H and O–H groups in total. The molecule has 0 spiro atoms. The van der Waals surface area contributed by atoms with Crippen molar-refractivity contribution < 1.29 is 14.6 Å². The Labute approximate surface area is 101 Å². The minimum Gasteiger partial charge on any atom is -0.473 e. The largest absolute Gasteiger partial charge is 0.473 e. The van der Waals surface area contributed by atoms with E-state index in [0.717, 1.165) is 0 Å². The van der Waals surface area contributed by atoms with Crippen LogP contribution in [0.3, 0.4) is 0 Å². The Morgan fingerprint density at radius 2 is 2.35 bits per heavy atom. The Kier molecular flexibility index (Phi) is 5.42. The van der Waals surface area contributed by atoms with Crippen molar-refractivity contribution in [3.63, 3.8) is 0 Å². The van der Waals surface area contributed by atoms with Crippen molar-refractivity contribution in [2.45, 2.75) is 32.8 Å². The molecule has 1 aromatic heterocycles. The Morgan fingerprint density at radius 1 is 1.59 bits per heavy atom. The second kappa shape index (κ2) is 6.85. The third-order valence-corrected chi connectivity index (χ3v) is 1.95.